The molecule has 0 atom stereocenters. The topological polar surface area (TPSA) is 67.4 Å². The van der Waals surface area contributed by atoms with Gasteiger partial charge in [-0.3, -0.25) is 9.59 Å². The third-order valence-electron chi connectivity index (χ3n) is 3.72. The second-order valence-corrected chi connectivity index (χ2v) is 6.82. The highest BCUT2D eigenvalue weighted by molar-refractivity contribution is 6.08. The highest BCUT2D eigenvalue weighted by Crippen LogP contribution is 2.46. The quantitative estimate of drug-likeness (QED) is 0.818. The van der Waals surface area contributed by atoms with Crippen LogP contribution in [-0.2, 0) is 16.1 Å². The lowest BCUT2D eigenvalue weighted by atomic mass is 10.0. The van der Waals surface area contributed by atoms with Crippen LogP contribution < -0.4 is 15.4 Å². The van der Waals surface area contributed by atoms with Crippen LogP contribution >= 0.6 is 0 Å². The molecule has 0 radical (unpaired) electrons. The molecule has 120 valence electrons. The van der Waals surface area contributed by atoms with Crippen molar-refractivity contribution in [3.8, 4) is 5.75 Å². The zero-order valence-electron chi connectivity index (χ0n) is 13.7. The van der Waals surface area contributed by atoms with E-state index in [4.69, 9.17) is 4.74 Å². The van der Waals surface area contributed by atoms with E-state index in [0.29, 0.717) is 19.4 Å². The molecular formula is C17H24N2O3. The summed E-state index contributed by atoms with van der Waals surface area (Å²) in [4.78, 5) is 24.6. The number of nitrogens with one attached hydrogen (secondary N) is 2. The fourth-order valence-electron chi connectivity index (χ4n) is 2.24. The van der Waals surface area contributed by atoms with Crippen molar-refractivity contribution in [2.45, 2.75) is 45.7 Å². The monoisotopic (exact) mass is 304 g/mol. The van der Waals surface area contributed by atoms with Gasteiger partial charge in [-0.25, -0.2) is 0 Å². The first-order chi connectivity index (χ1) is 10.3. The van der Waals surface area contributed by atoms with Gasteiger partial charge >= 0.3 is 0 Å². The molecule has 2 amide bonds. The highest BCUT2D eigenvalue weighted by Gasteiger charge is 2.56. The molecule has 5 nitrogen and oxygen atoms in total. The standard InChI is InChI=1S/C17H24N2O3/c1-16(2,3)19-15(21)17(9-10-17)14(20)18-11-12-5-7-13(22-4)8-6-12/h5-8H,9-11H2,1-4H3,(H,18,20)(H,19,21). The molecule has 0 aromatic heterocycles. The Kier molecular flexibility index (Phi) is 4.44. The lowest BCUT2D eigenvalue weighted by Crippen LogP contribution is -2.49. The fourth-order valence-corrected chi connectivity index (χ4v) is 2.24. The molecule has 1 aliphatic rings. The molecule has 1 saturated carbocycles. The normalized spacial score (nSPS) is 15.8. The van der Waals surface area contributed by atoms with Crippen LogP contribution in [0.15, 0.2) is 24.3 Å². The van der Waals surface area contributed by atoms with Crippen molar-refractivity contribution in [2.75, 3.05) is 7.11 Å². The van der Waals surface area contributed by atoms with Gasteiger partial charge in [0.2, 0.25) is 11.8 Å². The maximum Gasteiger partial charge on any atom is 0.236 e. The van der Waals surface area contributed by atoms with E-state index in [1.807, 2.05) is 45.0 Å². The maximum absolute atomic E-state index is 12.4. The molecule has 0 bridgehead atoms. The minimum absolute atomic E-state index is 0.174. The van der Waals surface area contributed by atoms with Gasteiger partial charge in [0, 0.05) is 12.1 Å². The Morgan fingerprint density at radius 3 is 2.18 bits per heavy atom. The molecule has 1 aromatic rings. The van der Waals surface area contributed by atoms with Crippen LogP contribution in [0, 0.1) is 5.41 Å². The zero-order valence-corrected chi connectivity index (χ0v) is 13.7. The number of rotatable bonds is 5. The lowest BCUT2D eigenvalue weighted by Gasteiger charge is -2.24. The molecule has 0 aliphatic heterocycles. The molecule has 2 rings (SSSR count). The van der Waals surface area contributed by atoms with Gasteiger partial charge in [-0.1, -0.05) is 12.1 Å². The molecule has 1 aliphatic carbocycles. The van der Waals surface area contributed by atoms with Crippen LogP contribution in [0.3, 0.4) is 0 Å². The summed E-state index contributed by atoms with van der Waals surface area (Å²) in [5.41, 5.74) is -0.232. The molecule has 0 saturated heterocycles. The van der Waals surface area contributed by atoms with Crippen LogP contribution in [0.2, 0.25) is 0 Å². The van der Waals surface area contributed by atoms with Crippen LogP contribution in [-0.4, -0.2) is 24.5 Å². The van der Waals surface area contributed by atoms with Gasteiger partial charge in [-0.15, -0.1) is 0 Å². The van der Waals surface area contributed by atoms with E-state index in [1.54, 1.807) is 7.11 Å². The van der Waals surface area contributed by atoms with Crippen LogP contribution in [0.1, 0.15) is 39.2 Å². The Morgan fingerprint density at radius 2 is 1.73 bits per heavy atom. The van der Waals surface area contributed by atoms with Crippen molar-refractivity contribution in [3.63, 3.8) is 0 Å². The van der Waals surface area contributed by atoms with Crippen LogP contribution in [0.5, 0.6) is 5.75 Å². The minimum atomic E-state index is -0.875. The van der Waals surface area contributed by atoms with Gasteiger partial charge in [0.25, 0.3) is 0 Å². The summed E-state index contributed by atoms with van der Waals surface area (Å²) in [5, 5.41) is 5.77. The van der Waals surface area contributed by atoms with Gasteiger partial charge in [0.1, 0.15) is 11.2 Å². The van der Waals surface area contributed by atoms with Crippen molar-refractivity contribution in [1.82, 2.24) is 10.6 Å². The molecular weight excluding hydrogens is 280 g/mol. The first-order valence-electron chi connectivity index (χ1n) is 7.51. The number of carbonyl (C=O) groups is 2. The number of ether oxygens (including phenoxy) is 1. The summed E-state index contributed by atoms with van der Waals surface area (Å²) in [5.74, 6) is 0.413. The number of hydrogen-bond acceptors (Lipinski definition) is 3. The van der Waals surface area contributed by atoms with Gasteiger partial charge in [0.15, 0.2) is 0 Å². The maximum atomic E-state index is 12.4. The SMILES string of the molecule is COc1ccc(CNC(=O)C2(C(=O)NC(C)(C)C)CC2)cc1. The molecule has 1 aromatic carbocycles. The number of carbonyl (C=O) groups excluding carboxylic acids is 2. The molecule has 5 heteroatoms. The third-order valence-corrected chi connectivity index (χ3v) is 3.72. The van der Waals surface area contributed by atoms with Gasteiger partial charge in [-0.05, 0) is 51.3 Å². The predicted octanol–water partition coefficient (Wildman–Crippen LogP) is 2.01. The molecule has 0 heterocycles. The number of amides is 2. The summed E-state index contributed by atoms with van der Waals surface area (Å²) >= 11 is 0. The Hall–Kier alpha value is -2.04. The molecule has 0 unspecified atom stereocenters. The number of benzene rings is 1. The Morgan fingerprint density at radius 1 is 1.14 bits per heavy atom. The Bertz CT molecular complexity index is 554. The summed E-state index contributed by atoms with van der Waals surface area (Å²) in [6, 6.07) is 7.49. The van der Waals surface area contributed by atoms with E-state index < -0.39 is 5.41 Å². The lowest BCUT2D eigenvalue weighted by molar-refractivity contribution is -0.138. The van der Waals surface area contributed by atoms with E-state index in [1.165, 1.54) is 0 Å². The summed E-state index contributed by atoms with van der Waals surface area (Å²) in [7, 11) is 1.61. The van der Waals surface area contributed by atoms with E-state index in [-0.39, 0.29) is 17.4 Å². The smallest absolute Gasteiger partial charge is 0.236 e. The van der Waals surface area contributed by atoms with Gasteiger partial charge in [0.05, 0.1) is 7.11 Å². The van der Waals surface area contributed by atoms with Crippen molar-refractivity contribution < 1.29 is 14.3 Å². The Balaban J connectivity index is 1.92. The predicted molar refractivity (Wildman–Crippen MR) is 84.4 cm³/mol. The third kappa shape index (κ3) is 3.78. The second kappa shape index (κ2) is 5.99. The first kappa shape index (κ1) is 16.3. The summed E-state index contributed by atoms with van der Waals surface area (Å²) in [6.07, 6.45) is 1.23. The van der Waals surface area contributed by atoms with Crippen LogP contribution in [0.4, 0.5) is 0 Å². The van der Waals surface area contributed by atoms with Crippen molar-refractivity contribution in [3.05, 3.63) is 29.8 Å². The van der Waals surface area contributed by atoms with E-state index in [2.05, 4.69) is 10.6 Å². The van der Waals surface area contributed by atoms with Crippen molar-refractivity contribution in [1.29, 1.82) is 0 Å². The second-order valence-electron chi connectivity index (χ2n) is 6.82. The van der Waals surface area contributed by atoms with E-state index in [9.17, 15) is 9.59 Å². The zero-order chi connectivity index (χ0) is 16.4. The number of hydrogen-bond donors (Lipinski definition) is 2. The number of methoxy groups -OCH3 is 1. The summed E-state index contributed by atoms with van der Waals surface area (Å²) < 4.78 is 5.10. The molecule has 0 spiro atoms. The molecule has 22 heavy (non-hydrogen) atoms. The molecule has 1 fully saturated rings. The van der Waals surface area contributed by atoms with Crippen molar-refractivity contribution in [2.24, 2.45) is 5.41 Å². The van der Waals surface area contributed by atoms with E-state index in [0.717, 1.165) is 11.3 Å². The highest BCUT2D eigenvalue weighted by atomic mass is 16.5. The molecule has 2 N–H and O–H groups in total. The first-order valence-corrected chi connectivity index (χ1v) is 7.51. The Labute approximate surface area is 131 Å². The average molecular weight is 304 g/mol. The van der Waals surface area contributed by atoms with Gasteiger partial charge in [-0.2, -0.15) is 0 Å². The average Bonchev–Trinajstić information content (AvgIpc) is 3.25. The fraction of sp³-hybridized carbons (Fsp3) is 0.529. The van der Waals surface area contributed by atoms with Crippen molar-refractivity contribution >= 4 is 11.8 Å². The largest absolute Gasteiger partial charge is 0.497 e. The minimum Gasteiger partial charge on any atom is -0.497 e. The van der Waals surface area contributed by atoms with Crippen LogP contribution in [0.25, 0.3) is 0 Å². The van der Waals surface area contributed by atoms with E-state index >= 15 is 0 Å². The summed E-state index contributed by atoms with van der Waals surface area (Å²) in [6.45, 7) is 6.15. The van der Waals surface area contributed by atoms with Gasteiger partial charge < -0.3 is 15.4 Å².